The van der Waals surface area contributed by atoms with Gasteiger partial charge in [-0.1, -0.05) is 6.92 Å². The van der Waals surface area contributed by atoms with E-state index in [9.17, 15) is 14.7 Å². The maximum atomic E-state index is 11.6. The predicted octanol–water partition coefficient (Wildman–Crippen LogP) is -0.446. The van der Waals surface area contributed by atoms with Crippen molar-refractivity contribution in [2.75, 3.05) is 12.8 Å². The number of aliphatic hydroxyl groups excluding tert-OH is 1. The highest BCUT2D eigenvalue weighted by Crippen LogP contribution is 2.07. The number of nitrogens with one attached hydrogen (secondary N) is 2. The maximum absolute atomic E-state index is 11.6. The van der Waals surface area contributed by atoms with Crippen molar-refractivity contribution in [3.8, 4) is 0 Å². The molecule has 94 valence electrons. The summed E-state index contributed by atoms with van der Waals surface area (Å²) >= 11 is 3.93. The summed E-state index contributed by atoms with van der Waals surface area (Å²) in [5.41, 5.74) is 0. The second-order valence-electron chi connectivity index (χ2n) is 3.82. The van der Waals surface area contributed by atoms with Gasteiger partial charge in [-0.3, -0.25) is 9.59 Å². The Hall–Kier alpha value is -0.750. The van der Waals surface area contributed by atoms with Crippen molar-refractivity contribution in [2.45, 2.75) is 32.4 Å². The van der Waals surface area contributed by atoms with Crippen LogP contribution in [0.5, 0.6) is 0 Å². The van der Waals surface area contributed by atoms with Crippen LogP contribution in [-0.4, -0.2) is 41.9 Å². The minimum Gasteiger partial charge on any atom is -0.392 e. The molecule has 0 rings (SSSR count). The molecule has 0 saturated heterocycles. The van der Waals surface area contributed by atoms with Crippen molar-refractivity contribution in [1.82, 2.24) is 10.6 Å². The Morgan fingerprint density at radius 3 is 2.31 bits per heavy atom. The van der Waals surface area contributed by atoms with E-state index in [1.807, 2.05) is 0 Å². The highest BCUT2D eigenvalue weighted by atomic mass is 32.1. The van der Waals surface area contributed by atoms with Gasteiger partial charge in [0, 0.05) is 18.7 Å². The predicted molar refractivity (Wildman–Crippen MR) is 65.3 cm³/mol. The van der Waals surface area contributed by atoms with Crippen LogP contribution in [0, 0.1) is 5.92 Å². The molecule has 3 N–H and O–H groups in total. The summed E-state index contributed by atoms with van der Waals surface area (Å²) in [5.74, 6) is -0.496. The van der Waals surface area contributed by atoms with Gasteiger partial charge in [0.25, 0.3) is 0 Å². The van der Waals surface area contributed by atoms with Crippen LogP contribution >= 0.6 is 12.6 Å². The molecule has 0 bridgehead atoms. The molecule has 5 nitrogen and oxygen atoms in total. The van der Waals surface area contributed by atoms with E-state index in [0.717, 1.165) is 0 Å². The zero-order chi connectivity index (χ0) is 12.7. The van der Waals surface area contributed by atoms with Crippen LogP contribution in [-0.2, 0) is 9.59 Å². The van der Waals surface area contributed by atoms with Crippen LogP contribution in [0.25, 0.3) is 0 Å². The first kappa shape index (κ1) is 15.2. The van der Waals surface area contributed by atoms with E-state index in [1.54, 1.807) is 13.8 Å². The van der Waals surface area contributed by atoms with Crippen molar-refractivity contribution in [2.24, 2.45) is 5.92 Å². The Labute approximate surface area is 101 Å². The van der Waals surface area contributed by atoms with Gasteiger partial charge < -0.3 is 15.7 Å². The fourth-order valence-electron chi connectivity index (χ4n) is 1.23. The minimum atomic E-state index is -0.598. The molecular weight excluding hydrogens is 228 g/mol. The molecule has 0 aromatic carbocycles. The fraction of sp³-hybridized carbons (Fsp3) is 0.800. The van der Waals surface area contributed by atoms with Crippen molar-refractivity contribution in [3.63, 3.8) is 0 Å². The molecule has 0 saturated carbocycles. The highest BCUT2D eigenvalue weighted by Gasteiger charge is 2.20. The van der Waals surface area contributed by atoms with Crippen molar-refractivity contribution >= 4 is 24.4 Å². The average molecular weight is 248 g/mol. The Balaban J connectivity index is 4.10. The summed E-state index contributed by atoms with van der Waals surface area (Å²) in [5, 5.41) is 14.3. The number of likely N-dealkylation sites (N-methyl/N-ethyl adjacent to an activating group) is 1. The summed E-state index contributed by atoms with van der Waals surface area (Å²) in [4.78, 5) is 22.8. The average Bonchev–Trinajstić information content (AvgIpc) is 2.27. The van der Waals surface area contributed by atoms with E-state index in [1.165, 1.54) is 7.05 Å². The minimum absolute atomic E-state index is 0.239. The molecule has 16 heavy (non-hydrogen) atoms. The number of carbonyl (C=O) groups excluding carboxylic acids is 2. The summed E-state index contributed by atoms with van der Waals surface area (Å²) in [6, 6.07) is -0.562. The Morgan fingerprint density at radius 1 is 1.31 bits per heavy atom. The number of hydrogen-bond acceptors (Lipinski definition) is 4. The monoisotopic (exact) mass is 248 g/mol. The third-order valence-corrected chi connectivity index (χ3v) is 2.70. The van der Waals surface area contributed by atoms with Gasteiger partial charge in [-0.2, -0.15) is 12.6 Å². The summed E-state index contributed by atoms with van der Waals surface area (Å²) in [6.45, 7) is 3.32. The van der Waals surface area contributed by atoms with Crippen molar-refractivity contribution < 1.29 is 14.7 Å². The summed E-state index contributed by atoms with van der Waals surface area (Å²) in [7, 11) is 1.51. The number of rotatable bonds is 6. The van der Waals surface area contributed by atoms with Gasteiger partial charge in [0.2, 0.25) is 11.8 Å². The van der Waals surface area contributed by atoms with Crippen LogP contribution in [0.4, 0.5) is 0 Å². The topological polar surface area (TPSA) is 78.4 Å². The van der Waals surface area contributed by atoms with Gasteiger partial charge in [-0.05, 0) is 13.3 Å². The number of hydrogen-bond donors (Lipinski definition) is 4. The molecule has 0 spiro atoms. The van der Waals surface area contributed by atoms with Crippen LogP contribution in [0.2, 0.25) is 0 Å². The van der Waals surface area contributed by atoms with E-state index in [4.69, 9.17) is 0 Å². The van der Waals surface area contributed by atoms with Crippen LogP contribution in [0.3, 0.4) is 0 Å². The number of thiol groups is 1. The molecule has 0 aliphatic carbocycles. The molecule has 2 amide bonds. The standard InChI is InChI=1S/C10H20N2O3S/c1-6(4-8(13)5-16)9(14)12-7(2)10(15)11-3/h6-8,13,16H,4-5H2,1-3H3,(H,11,15)(H,12,14)/t6-,7+,8-/m1/s1. The van der Waals surface area contributed by atoms with Gasteiger partial charge in [-0.25, -0.2) is 0 Å². The molecule has 0 aromatic heterocycles. The quantitative estimate of drug-likeness (QED) is 0.481. The van der Waals surface area contributed by atoms with Crippen molar-refractivity contribution in [1.29, 1.82) is 0 Å². The first-order valence-corrected chi connectivity index (χ1v) is 5.86. The molecule has 0 aliphatic heterocycles. The maximum Gasteiger partial charge on any atom is 0.242 e. The Morgan fingerprint density at radius 2 is 1.88 bits per heavy atom. The zero-order valence-electron chi connectivity index (χ0n) is 9.86. The normalized spacial score (nSPS) is 16.1. The third-order valence-electron chi connectivity index (χ3n) is 2.28. The lowest BCUT2D eigenvalue weighted by atomic mass is 10.0. The van der Waals surface area contributed by atoms with Crippen LogP contribution < -0.4 is 10.6 Å². The van der Waals surface area contributed by atoms with Gasteiger partial charge in [0.1, 0.15) is 6.04 Å². The number of aliphatic hydroxyl groups is 1. The molecular formula is C10H20N2O3S. The van der Waals surface area contributed by atoms with E-state index < -0.39 is 12.1 Å². The molecule has 0 aliphatic rings. The summed E-state index contributed by atoms with van der Waals surface area (Å²) < 4.78 is 0. The first-order chi connectivity index (χ1) is 7.42. The second kappa shape index (κ2) is 7.51. The third kappa shape index (κ3) is 5.37. The van der Waals surface area contributed by atoms with Gasteiger partial charge in [0.15, 0.2) is 0 Å². The highest BCUT2D eigenvalue weighted by molar-refractivity contribution is 7.80. The molecule has 3 atom stereocenters. The van der Waals surface area contributed by atoms with Crippen LogP contribution in [0.1, 0.15) is 20.3 Å². The second-order valence-corrected chi connectivity index (χ2v) is 4.18. The molecule has 0 fully saturated rings. The lowest BCUT2D eigenvalue weighted by Crippen LogP contribution is -2.45. The Bertz CT molecular complexity index is 248. The number of amides is 2. The smallest absolute Gasteiger partial charge is 0.242 e. The van der Waals surface area contributed by atoms with Crippen molar-refractivity contribution in [3.05, 3.63) is 0 Å². The lowest BCUT2D eigenvalue weighted by Gasteiger charge is -2.18. The lowest BCUT2D eigenvalue weighted by molar-refractivity contribution is -0.130. The Kier molecular flexibility index (Phi) is 7.16. The number of carbonyl (C=O) groups is 2. The molecule has 0 heterocycles. The first-order valence-electron chi connectivity index (χ1n) is 5.23. The molecule has 0 unspecified atom stereocenters. The molecule has 6 heteroatoms. The van der Waals surface area contributed by atoms with Gasteiger partial charge in [0.05, 0.1) is 6.10 Å². The van der Waals surface area contributed by atoms with E-state index in [2.05, 4.69) is 23.3 Å². The fourth-order valence-corrected chi connectivity index (χ4v) is 1.38. The summed E-state index contributed by atoms with van der Waals surface area (Å²) in [6.07, 6.45) is -0.255. The van der Waals surface area contributed by atoms with Gasteiger partial charge in [-0.15, -0.1) is 0 Å². The SMILES string of the molecule is CNC(=O)[C@H](C)NC(=O)[C@H](C)C[C@@H](O)CS. The zero-order valence-corrected chi connectivity index (χ0v) is 10.8. The van der Waals surface area contributed by atoms with E-state index in [-0.39, 0.29) is 17.7 Å². The van der Waals surface area contributed by atoms with Gasteiger partial charge >= 0.3 is 0 Å². The van der Waals surface area contributed by atoms with Crippen LogP contribution in [0.15, 0.2) is 0 Å². The van der Waals surface area contributed by atoms with E-state index >= 15 is 0 Å². The molecule has 0 radical (unpaired) electrons. The molecule has 0 aromatic rings. The van der Waals surface area contributed by atoms with E-state index in [0.29, 0.717) is 12.2 Å². The largest absolute Gasteiger partial charge is 0.392 e.